The Morgan fingerprint density at radius 2 is 1.60 bits per heavy atom. The van der Waals surface area contributed by atoms with E-state index in [0.717, 1.165) is 26.6 Å². The monoisotopic (exact) mass is 629 g/mol. The number of amides is 3. The summed E-state index contributed by atoms with van der Waals surface area (Å²) < 4.78 is 33.5. The number of hydrazone groups is 1. The normalized spacial score (nSPS) is 11.5. The fourth-order valence-electron chi connectivity index (χ4n) is 4.22. The van der Waals surface area contributed by atoms with Crippen LogP contribution in [0.2, 0.25) is 0 Å². The van der Waals surface area contributed by atoms with E-state index in [4.69, 9.17) is 4.42 Å². The molecule has 3 N–H and O–H groups in total. The predicted molar refractivity (Wildman–Crippen MR) is 171 cm³/mol. The van der Waals surface area contributed by atoms with Crippen molar-refractivity contribution in [2.24, 2.45) is 5.10 Å². The zero-order valence-corrected chi connectivity index (χ0v) is 26.1. The third-order valence-corrected chi connectivity index (χ3v) is 8.79. The summed E-state index contributed by atoms with van der Waals surface area (Å²) in [5.74, 6) is -1.65. The van der Waals surface area contributed by atoms with Gasteiger partial charge in [-0.2, -0.15) is 9.41 Å². The minimum Gasteiger partial charge on any atom is -0.458 e. The van der Waals surface area contributed by atoms with Crippen LogP contribution in [0.5, 0.6) is 0 Å². The Bertz CT molecular complexity index is 1780. The molecule has 234 valence electrons. The van der Waals surface area contributed by atoms with E-state index < -0.39 is 34.3 Å². The summed E-state index contributed by atoms with van der Waals surface area (Å²) in [5.41, 5.74) is 6.77. The Morgan fingerprint density at radius 1 is 0.867 bits per heavy atom. The van der Waals surface area contributed by atoms with E-state index in [0.29, 0.717) is 17.9 Å². The molecule has 0 unspecified atom stereocenters. The number of rotatable bonds is 12. The molecule has 0 radical (unpaired) electrons. The summed E-state index contributed by atoms with van der Waals surface area (Å²) in [6.45, 7) is 5.32. The maximum Gasteiger partial charge on any atom is 0.313 e. The van der Waals surface area contributed by atoms with Crippen LogP contribution in [0.3, 0.4) is 0 Å². The Labute approximate surface area is 262 Å². The van der Waals surface area contributed by atoms with Gasteiger partial charge in [0.25, 0.3) is 5.91 Å². The molecule has 11 nitrogen and oxygen atoms in total. The molecule has 0 aliphatic heterocycles. The van der Waals surface area contributed by atoms with Gasteiger partial charge in [-0.1, -0.05) is 54.1 Å². The van der Waals surface area contributed by atoms with Crippen LogP contribution >= 0.6 is 0 Å². The molecule has 3 aromatic carbocycles. The lowest BCUT2D eigenvalue weighted by atomic mass is 10.1. The fraction of sp³-hybridized carbons (Fsp3) is 0.212. The molecule has 0 saturated carbocycles. The first-order valence-electron chi connectivity index (χ1n) is 14.2. The molecule has 1 aromatic heterocycles. The van der Waals surface area contributed by atoms with Gasteiger partial charge in [-0.05, 0) is 80.3 Å². The van der Waals surface area contributed by atoms with E-state index in [2.05, 4.69) is 21.2 Å². The first-order valence-corrected chi connectivity index (χ1v) is 15.6. The van der Waals surface area contributed by atoms with Crippen molar-refractivity contribution in [3.63, 3.8) is 0 Å². The van der Waals surface area contributed by atoms with Crippen molar-refractivity contribution in [1.82, 2.24) is 15.0 Å². The second-order valence-electron chi connectivity index (χ2n) is 10.4. The molecule has 0 aliphatic carbocycles. The molecule has 0 fully saturated rings. The van der Waals surface area contributed by atoms with Crippen molar-refractivity contribution in [2.75, 3.05) is 18.4 Å². The number of sulfonamides is 1. The summed E-state index contributed by atoms with van der Waals surface area (Å²) in [6, 6.07) is 24.4. The zero-order valence-electron chi connectivity index (χ0n) is 25.2. The van der Waals surface area contributed by atoms with E-state index in [9.17, 15) is 22.8 Å². The lowest BCUT2D eigenvalue weighted by molar-refractivity contribution is -0.136. The molecule has 0 atom stereocenters. The van der Waals surface area contributed by atoms with Crippen molar-refractivity contribution in [3.05, 3.63) is 119 Å². The summed E-state index contributed by atoms with van der Waals surface area (Å²) in [4.78, 5) is 37.3. The fourth-order valence-corrected chi connectivity index (χ4v) is 5.62. The zero-order chi connectivity index (χ0) is 32.4. The predicted octanol–water partition coefficient (Wildman–Crippen LogP) is 3.84. The molecule has 0 bridgehead atoms. The van der Waals surface area contributed by atoms with E-state index in [-0.39, 0.29) is 23.7 Å². The number of benzene rings is 3. The summed E-state index contributed by atoms with van der Waals surface area (Å²) in [5, 5.41) is 8.93. The maximum absolute atomic E-state index is 13.4. The number of carbonyl (C=O) groups excluding carboxylic acids is 3. The molecule has 0 aliphatic rings. The van der Waals surface area contributed by atoms with Crippen LogP contribution in [0.25, 0.3) is 0 Å². The lowest BCUT2D eigenvalue weighted by Crippen LogP contribution is -2.40. The minimum absolute atomic E-state index is 0.0490. The van der Waals surface area contributed by atoms with Crippen molar-refractivity contribution in [1.29, 1.82) is 0 Å². The third-order valence-electron chi connectivity index (χ3n) is 6.93. The highest BCUT2D eigenvalue weighted by molar-refractivity contribution is 7.89. The number of anilines is 1. The smallest absolute Gasteiger partial charge is 0.313 e. The van der Waals surface area contributed by atoms with Crippen LogP contribution in [0.15, 0.2) is 99.3 Å². The van der Waals surface area contributed by atoms with Crippen LogP contribution in [-0.4, -0.2) is 49.7 Å². The van der Waals surface area contributed by atoms with Gasteiger partial charge in [-0.25, -0.2) is 13.8 Å². The van der Waals surface area contributed by atoms with Gasteiger partial charge in [0.2, 0.25) is 10.0 Å². The summed E-state index contributed by atoms with van der Waals surface area (Å²) >= 11 is 0. The molecule has 1 heterocycles. The average Bonchev–Trinajstić information content (AvgIpc) is 3.48. The number of furan rings is 1. The highest BCUT2D eigenvalue weighted by Gasteiger charge is 2.26. The van der Waals surface area contributed by atoms with Crippen molar-refractivity contribution in [2.45, 2.75) is 38.6 Å². The van der Waals surface area contributed by atoms with E-state index in [1.54, 1.807) is 36.4 Å². The molecule has 0 spiro atoms. The van der Waals surface area contributed by atoms with E-state index in [1.807, 2.05) is 57.2 Å². The highest BCUT2D eigenvalue weighted by atomic mass is 32.2. The summed E-state index contributed by atoms with van der Waals surface area (Å²) in [7, 11) is -3.96. The second-order valence-corrected chi connectivity index (χ2v) is 12.4. The van der Waals surface area contributed by atoms with Gasteiger partial charge >= 0.3 is 11.8 Å². The van der Waals surface area contributed by atoms with Crippen LogP contribution in [-0.2, 0) is 37.4 Å². The molecular formula is C33H35N5O6S. The molecule has 0 saturated heterocycles. The molecule has 4 rings (SSSR count). The Hall–Kier alpha value is -5.07. The number of nitrogens with one attached hydrogen (secondary N) is 3. The SMILES string of the molecule is Cc1ccc(S(=O)(=O)N(CCc2ccccc2)CC(=O)N/N=C\c2ccc(CNC(=O)C(=O)Nc3ccc(C)c(C)c3)o2)cc1. The summed E-state index contributed by atoms with van der Waals surface area (Å²) in [6.07, 6.45) is 1.67. The largest absolute Gasteiger partial charge is 0.458 e. The van der Waals surface area contributed by atoms with Crippen LogP contribution in [0, 0.1) is 20.8 Å². The average molecular weight is 630 g/mol. The van der Waals surface area contributed by atoms with Gasteiger partial charge in [-0.3, -0.25) is 14.4 Å². The standard InChI is InChI=1S/C33H35N5O6S/c1-23-9-15-30(16-10-23)45(42,43)38(18-17-26-7-5-4-6-8-26)22-31(39)37-35-21-29-14-13-28(44-29)20-34-32(40)33(41)36-27-12-11-24(2)25(3)19-27/h4-16,19,21H,17-18,20,22H2,1-3H3,(H,34,40)(H,36,41)(H,37,39)/b35-21-. The van der Waals surface area contributed by atoms with Crippen molar-refractivity contribution < 1.29 is 27.2 Å². The molecular weight excluding hydrogens is 594 g/mol. The van der Waals surface area contributed by atoms with Crippen LogP contribution in [0.4, 0.5) is 5.69 Å². The van der Waals surface area contributed by atoms with E-state index in [1.165, 1.54) is 18.3 Å². The van der Waals surface area contributed by atoms with Crippen molar-refractivity contribution >= 4 is 39.6 Å². The van der Waals surface area contributed by atoms with Gasteiger partial charge in [0.1, 0.15) is 11.5 Å². The van der Waals surface area contributed by atoms with Gasteiger partial charge in [0.05, 0.1) is 24.2 Å². The maximum atomic E-state index is 13.4. The number of nitrogens with zero attached hydrogens (tertiary/aromatic N) is 2. The molecule has 4 aromatic rings. The van der Waals surface area contributed by atoms with Gasteiger partial charge in [-0.15, -0.1) is 0 Å². The Morgan fingerprint density at radius 3 is 2.31 bits per heavy atom. The van der Waals surface area contributed by atoms with Gasteiger partial charge in [0, 0.05) is 12.2 Å². The third kappa shape index (κ3) is 9.46. The quantitative estimate of drug-likeness (QED) is 0.123. The number of hydrogen-bond donors (Lipinski definition) is 3. The lowest BCUT2D eigenvalue weighted by Gasteiger charge is -2.21. The first-order chi connectivity index (χ1) is 21.5. The number of carbonyl (C=O) groups is 3. The number of hydrogen-bond acceptors (Lipinski definition) is 7. The molecule has 12 heteroatoms. The molecule has 3 amide bonds. The minimum atomic E-state index is -3.96. The van der Waals surface area contributed by atoms with E-state index >= 15 is 0 Å². The Balaban J connectivity index is 1.31. The first kappa shape index (κ1) is 32.8. The number of aryl methyl sites for hydroxylation is 3. The Kier molecular flexibility index (Phi) is 11.0. The molecule has 45 heavy (non-hydrogen) atoms. The topological polar surface area (TPSA) is 150 Å². The van der Waals surface area contributed by atoms with Gasteiger partial charge < -0.3 is 15.1 Å². The second kappa shape index (κ2) is 15.1. The van der Waals surface area contributed by atoms with Crippen molar-refractivity contribution in [3.8, 4) is 0 Å². The highest BCUT2D eigenvalue weighted by Crippen LogP contribution is 2.18. The van der Waals surface area contributed by atoms with Crippen LogP contribution in [0.1, 0.15) is 33.8 Å². The van der Waals surface area contributed by atoms with Gasteiger partial charge in [0.15, 0.2) is 0 Å². The van der Waals surface area contributed by atoms with Crippen LogP contribution < -0.4 is 16.1 Å².